The lowest BCUT2D eigenvalue weighted by Gasteiger charge is -2.32. The van der Waals surface area contributed by atoms with Gasteiger partial charge in [0.25, 0.3) is 5.91 Å². The lowest BCUT2D eigenvalue weighted by molar-refractivity contribution is 0.0951. The molecule has 2 aromatic carbocycles. The van der Waals surface area contributed by atoms with Crippen molar-refractivity contribution in [3.05, 3.63) is 48.0 Å². The predicted octanol–water partition coefficient (Wildman–Crippen LogP) is 2.21. The van der Waals surface area contributed by atoms with E-state index in [-0.39, 0.29) is 5.91 Å². The highest BCUT2D eigenvalue weighted by molar-refractivity contribution is 6.06. The van der Waals surface area contributed by atoms with Crippen LogP contribution >= 0.6 is 0 Å². The van der Waals surface area contributed by atoms with Gasteiger partial charge in [0.05, 0.1) is 0 Å². The van der Waals surface area contributed by atoms with E-state index in [1.54, 1.807) is 0 Å². The number of hydrogen-bond acceptors (Lipinski definition) is 3. The number of likely N-dealkylation sites (N-methyl/N-ethyl adjacent to an activating group) is 1. The van der Waals surface area contributed by atoms with Crippen LogP contribution in [0.4, 0.5) is 0 Å². The average Bonchev–Trinajstić information content (AvgIpc) is 2.59. The third-order valence-electron chi connectivity index (χ3n) is 4.57. The molecule has 0 aromatic heterocycles. The zero-order valence-electron chi connectivity index (χ0n) is 13.8. The van der Waals surface area contributed by atoms with Crippen LogP contribution in [0.25, 0.3) is 10.8 Å². The highest BCUT2D eigenvalue weighted by atomic mass is 16.1. The van der Waals surface area contributed by atoms with Crippen LogP contribution in [0, 0.1) is 0 Å². The maximum absolute atomic E-state index is 12.4. The van der Waals surface area contributed by atoms with Crippen molar-refractivity contribution in [2.75, 3.05) is 46.3 Å². The summed E-state index contributed by atoms with van der Waals surface area (Å²) in [7, 11) is 2.17. The van der Waals surface area contributed by atoms with Gasteiger partial charge in [0.1, 0.15) is 0 Å². The summed E-state index contributed by atoms with van der Waals surface area (Å²) in [5, 5.41) is 5.19. The monoisotopic (exact) mass is 311 g/mol. The number of amides is 1. The topological polar surface area (TPSA) is 35.6 Å². The number of benzene rings is 2. The molecule has 0 spiro atoms. The Balaban J connectivity index is 1.49. The molecule has 1 saturated heterocycles. The molecule has 4 heteroatoms. The first-order valence-electron chi connectivity index (χ1n) is 8.41. The van der Waals surface area contributed by atoms with Crippen LogP contribution in [0.2, 0.25) is 0 Å². The van der Waals surface area contributed by atoms with Gasteiger partial charge in [-0.15, -0.1) is 0 Å². The van der Waals surface area contributed by atoms with E-state index in [2.05, 4.69) is 22.2 Å². The Kier molecular flexibility index (Phi) is 5.26. The molecule has 1 fully saturated rings. The first-order chi connectivity index (χ1) is 11.2. The Bertz CT molecular complexity index is 657. The minimum Gasteiger partial charge on any atom is -0.352 e. The first-order valence-corrected chi connectivity index (χ1v) is 8.41. The summed E-state index contributed by atoms with van der Waals surface area (Å²) in [4.78, 5) is 17.3. The maximum atomic E-state index is 12.4. The number of nitrogens with zero attached hydrogens (tertiary/aromatic N) is 2. The predicted molar refractivity (Wildman–Crippen MR) is 94.8 cm³/mol. The smallest absolute Gasteiger partial charge is 0.251 e. The number of carbonyl (C=O) groups excluding carboxylic acids is 1. The fourth-order valence-electron chi connectivity index (χ4n) is 3.09. The van der Waals surface area contributed by atoms with E-state index in [0.717, 1.165) is 62.0 Å². The second kappa shape index (κ2) is 7.57. The first kappa shape index (κ1) is 16.0. The van der Waals surface area contributed by atoms with Crippen molar-refractivity contribution < 1.29 is 4.79 Å². The number of hydrogen-bond donors (Lipinski definition) is 1. The third-order valence-corrected chi connectivity index (χ3v) is 4.57. The van der Waals surface area contributed by atoms with Crippen LogP contribution < -0.4 is 5.32 Å². The van der Waals surface area contributed by atoms with Gasteiger partial charge in [0.2, 0.25) is 0 Å². The third kappa shape index (κ3) is 4.09. The molecule has 0 bridgehead atoms. The largest absolute Gasteiger partial charge is 0.352 e. The van der Waals surface area contributed by atoms with Crippen molar-refractivity contribution in [3.8, 4) is 0 Å². The molecule has 3 rings (SSSR count). The summed E-state index contributed by atoms with van der Waals surface area (Å²) < 4.78 is 0. The van der Waals surface area contributed by atoms with Gasteiger partial charge >= 0.3 is 0 Å². The summed E-state index contributed by atoms with van der Waals surface area (Å²) >= 11 is 0. The van der Waals surface area contributed by atoms with Crippen LogP contribution in [0.3, 0.4) is 0 Å². The molecule has 122 valence electrons. The summed E-state index contributed by atoms with van der Waals surface area (Å²) in [6, 6.07) is 13.9. The van der Waals surface area contributed by atoms with E-state index in [4.69, 9.17) is 0 Å². The lowest BCUT2D eigenvalue weighted by Crippen LogP contribution is -2.45. The second-order valence-electron chi connectivity index (χ2n) is 6.28. The zero-order chi connectivity index (χ0) is 16.1. The van der Waals surface area contributed by atoms with Crippen LogP contribution in [-0.4, -0.2) is 62.0 Å². The van der Waals surface area contributed by atoms with Gasteiger partial charge in [-0.3, -0.25) is 4.79 Å². The van der Waals surface area contributed by atoms with Crippen LogP contribution in [0.15, 0.2) is 42.5 Å². The van der Waals surface area contributed by atoms with Gasteiger partial charge in [-0.25, -0.2) is 0 Å². The van der Waals surface area contributed by atoms with Gasteiger partial charge < -0.3 is 15.1 Å². The second-order valence-corrected chi connectivity index (χ2v) is 6.28. The molecule has 4 nitrogen and oxygen atoms in total. The quantitative estimate of drug-likeness (QED) is 0.860. The van der Waals surface area contributed by atoms with Crippen LogP contribution in [0.1, 0.15) is 16.8 Å². The molecule has 1 amide bonds. The molecule has 0 radical (unpaired) electrons. The van der Waals surface area contributed by atoms with E-state index in [9.17, 15) is 4.79 Å². The Hall–Kier alpha value is -1.91. The number of rotatable bonds is 5. The van der Waals surface area contributed by atoms with E-state index in [1.807, 2.05) is 42.5 Å². The average molecular weight is 311 g/mol. The summed E-state index contributed by atoms with van der Waals surface area (Å²) in [5.41, 5.74) is 0.766. The normalized spacial score (nSPS) is 16.6. The van der Waals surface area contributed by atoms with Crippen LogP contribution in [0.5, 0.6) is 0 Å². The highest BCUT2D eigenvalue weighted by Crippen LogP contribution is 2.18. The van der Waals surface area contributed by atoms with Crippen molar-refractivity contribution in [2.24, 2.45) is 0 Å². The van der Waals surface area contributed by atoms with Gasteiger partial charge in [-0.05, 0) is 36.9 Å². The molecule has 0 saturated carbocycles. The molecule has 1 N–H and O–H groups in total. The number of fused-ring (bicyclic) bond motifs is 1. The molecule has 1 aliphatic rings. The minimum absolute atomic E-state index is 0.0279. The number of nitrogens with one attached hydrogen (secondary N) is 1. The van der Waals surface area contributed by atoms with Crippen molar-refractivity contribution in [1.82, 2.24) is 15.1 Å². The lowest BCUT2D eigenvalue weighted by atomic mass is 10.0. The van der Waals surface area contributed by atoms with Crippen molar-refractivity contribution >= 4 is 16.7 Å². The fourth-order valence-corrected chi connectivity index (χ4v) is 3.09. The molecule has 1 heterocycles. The minimum atomic E-state index is 0.0279. The maximum Gasteiger partial charge on any atom is 0.251 e. The van der Waals surface area contributed by atoms with Gasteiger partial charge in [-0.2, -0.15) is 0 Å². The molecule has 0 aliphatic carbocycles. The van der Waals surface area contributed by atoms with Crippen molar-refractivity contribution in [1.29, 1.82) is 0 Å². The van der Waals surface area contributed by atoms with E-state index >= 15 is 0 Å². The molecule has 1 aliphatic heterocycles. The Morgan fingerprint density at radius 1 is 1.04 bits per heavy atom. The fraction of sp³-hybridized carbons (Fsp3) is 0.421. The number of carbonyl (C=O) groups is 1. The highest BCUT2D eigenvalue weighted by Gasteiger charge is 2.13. The van der Waals surface area contributed by atoms with E-state index in [0.29, 0.717) is 0 Å². The van der Waals surface area contributed by atoms with Gasteiger partial charge in [0.15, 0.2) is 0 Å². The Morgan fingerprint density at radius 2 is 1.78 bits per heavy atom. The molecule has 0 unspecified atom stereocenters. The van der Waals surface area contributed by atoms with Crippen molar-refractivity contribution in [2.45, 2.75) is 6.42 Å². The molecule has 2 aromatic rings. The number of piperazine rings is 1. The zero-order valence-corrected chi connectivity index (χ0v) is 13.8. The SMILES string of the molecule is CN1CCN(CCCNC(=O)c2cccc3ccccc23)CC1. The molecule has 0 atom stereocenters. The van der Waals surface area contributed by atoms with E-state index < -0.39 is 0 Å². The standard InChI is InChI=1S/C19H25N3O/c1-21-12-14-22(15-13-21)11-5-10-20-19(23)18-9-4-7-16-6-2-3-8-17(16)18/h2-4,6-9H,5,10-15H2,1H3,(H,20,23). The molecule has 23 heavy (non-hydrogen) atoms. The van der Waals surface area contributed by atoms with Crippen LogP contribution in [-0.2, 0) is 0 Å². The molecular formula is C19H25N3O. The summed E-state index contributed by atoms with van der Waals surface area (Å²) in [6.07, 6.45) is 1.00. The summed E-state index contributed by atoms with van der Waals surface area (Å²) in [6.45, 7) is 6.34. The Labute approximate surface area is 138 Å². The summed E-state index contributed by atoms with van der Waals surface area (Å²) in [5.74, 6) is 0.0279. The van der Waals surface area contributed by atoms with E-state index in [1.165, 1.54) is 0 Å². The van der Waals surface area contributed by atoms with Crippen molar-refractivity contribution in [3.63, 3.8) is 0 Å². The molecular weight excluding hydrogens is 286 g/mol. The van der Waals surface area contributed by atoms with Gasteiger partial charge in [-0.1, -0.05) is 36.4 Å². The Morgan fingerprint density at radius 3 is 2.61 bits per heavy atom. The van der Waals surface area contributed by atoms with Gasteiger partial charge in [0, 0.05) is 38.3 Å².